The maximum absolute atomic E-state index is 13.6. The molecule has 0 saturated heterocycles. The highest BCUT2D eigenvalue weighted by Gasteiger charge is 2.45. The van der Waals surface area contributed by atoms with E-state index in [2.05, 4.69) is 4.98 Å². The van der Waals surface area contributed by atoms with Crippen LogP contribution < -0.4 is 10.3 Å². The van der Waals surface area contributed by atoms with E-state index in [-0.39, 0.29) is 37.7 Å². The molecule has 4 aromatic rings. The van der Waals surface area contributed by atoms with Crippen LogP contribution in [0.2, 0.25) is 10.0 Å². The molecule has 0 spiro atoms. The first kappa shape index (κ1) is 21.6. The molecular formula is C23H14Cl2N2O5S. The van der Waals surface area contributed by atoms with Crippen molar-refractivity contribution in [2.45, 2.75) is 13.0 Å². The van der Waals surface area contributed by atoms with Gasteiger partial charge < -0.3 is 9.15 Å². The van der Waals surface area contributed by atoms with Crippen LogP contribution in [0.15, 0.2) is 51.7 Å². The maximum Gasteiger partial charge on any atom is 0.350 e. The van der Waals surface area contributed by atoms with Crippen molar-refractivity contribution in [1.82, 2.24) is 4.98 Å². The lowest BCUT2D eigenvalue weighted by molar-refractivity contribution is 0.0605. The summed E-state index contributed by atoms with van der Waals surface area (Å²) >= 11 is 13.2. The summed E-state index contributed by atoms with van der Waals surface area (Å²) in [4.78, 5) is 45.3. The Kier molecular flexibility index (Phi) is 5.23. The third-order valence-corrected chi connectivity index (χ3v) is 7.00. The topological polar surface area (TPSA) is 89.7 Å². The van der Waals surface area contributed by atoms with Crippen LogP contribution in [0.3, 0.4) is 0 Å². The number of ether oxygens (including phenoxy) is 1. The van der Waals surface area contributed by atoms with Crippen molar-refractivity contribution < 1.29 is 18.7 Å². The van der Waals surface area contributed by atoms with Crippen LogP contribution in [0.5, 0.6) is 0 Å². The summed E-state index contributed by atoms with van der Waals surface area (Å²) in [6, 6.07) is 10.6. The molecule has 0 aliphatic carbocycles. The number of carbonyl (C=O) groups excluding carboxylic acids is 2. The monoisotopic (exact) mass is 500 g/mol. The van der Waals surface area contributed by atoms with Gasteiger partial charge in [0.25, 0.3) is 5.91 Å². The molecule has 1 aliphatic rings. The molecule has 166 valence electrons. The molecule has 0 N–H and O–H groups in total. The van der Waals surface area contributed by atoms with Crippen molar-refractivity contribution >= 4 is 62.5 Å². The van der Waals surface area contributed by atoms with Crippen molar-refractivity contribution in [1.29, 1.82) is 0 Å². The van der Waals surface area contributed by atoms with E-state index in [0.29, 0.717) is 21.3 Å². The number of fused-ring (bicyclic) bond motifs is 2. The van der Waals surface area contributed by atoms with Crippen LogP contribution in [0.1, 0.15) is 43.1 Å². The van der Waals surface area contributed by atoms with Gasteiger partial charge in [-0.1, -0.05) is 46.7 Å². The number of hydrogen-bond donors (Lipinski definition) is 0. The van der Waals surface area contributed by atoms with Gasteiger partial charge in [-0.3, -0.25) is 14.5 Å². The van der Waals surface area contributed by atoms with E-state index >= 15 is 0 Å². The Balaban J connectivity index is 1.78. The van der Waals surface area contributed by atoms with Crippen LogP contribution >= 0.6 is 34.5 Å². The minimum absolute atomic E-state index is 0.0813. The van der Waals surface area contributed by atoms with E-state index in [0.717, 1.165) is 11.3 Å². The van der Waals surface area contributed by atoms with Gasteiger partial charge in [0.15, 0.2) is 10.6 Å². The maximum atomic E-state index is 13.6. The highest BCUT2D eigenvalue weighted by molar-refractivity contribution is 7.17. The van der Waals surface area contributed by atoms with Gasteiger partial charge in [0.05, 0.1) is 29.8 Å². The van der Waals surface area contributed by atoms with E-state index < -0.39 is 17.9 Å². The first-order valence-electron chi connectivity index (χ1n) is 9.71. The van der Waals surface area contributed by atoms with Crippen molar-refractivity contribution in [3.63, 3.8) is 0 Å². The van der Waals surface area contributed by atoms with E-state index in [1.807, 2.05) is 0 Å². The number of thiazole rings is 1. The molecule has 7 nitrogen and oxygen atoms in total. The van der Waals surface area contributed by atoms with Crippen LogP contribution in [0.4, 0.5) is 5.13 Å². The number of rotatable bonds is 3. The first-order chi connectivity index (χ1) is 15.8. The van der Waals surface area contributed by atoms with Gasteiger partial charge in [0.1, 0.15) is 10.5 Å². The number of benzene rings is 2. The zero-order valence-corrected chi connectivity index (χ0v) is 19.5. The van der Waals surface area contributed by atoms with Crippen LogP contribution in [-0.2, 0) is 4.74 Å². The molecule has 2 aromatic heterocycles. The zero-order valence-electron chi connectivity index (χ0n) is 17.2. The highest BCUT2D eigenvalue weighted by Crippen LogP contribution is 2.43. The summed E-state index contributed by atoms with van der Waals surface area (Å²) < 4.78 is 10.7. The highest BCUT2D eigenvalue weighted by atomic mass is 35.5. The summed E-state index contributed by atoms with van der Waals surface area (Å²) in [5, 5.41) is 1.38. The molecule has 0 bridgehead atoms. The average molecular weight is 501 g/mol. The quantitative estimate of drug-likeness (QED) is 0.349. The Labute approximate surface area is 201 Å². The summed E-state index contributed by atoms with van der Waals surface area (Å²) in [6.07, 6.45) is 0. The summed E-state index contributed by atoms with van der Waals surface area (Å²) in [5.74, 6) is -1.18. The van der Waals surface area contributed by atoms with Gasteiger partial charge in [0, 0.05) is 10.0 Å². The van der Waals surface area contributed by atoms with Crippen molar-refractivity contribution in [3.05, 3.63) is 90.2 Å². The fourth-order valence-electron chi connectivity index (χ4n) is 3.87. The molecule has 0 fully saturated rings. The Bertz CT molecular complexity index is 1510. The number of esters is 1. The minimum Gasteiger partial charge on any atom is -0.465 e. The lowest BCUT2D eigenvalue weighted by atomic mass is 9.99. The second-order valence-corrected chi connectivity index (χ2v) is 9.20. The van der Waals surface area contributed by atoms with Gasteiger partial charge in [0.2, 0.25) is 5.76 Å². The van der Waals surface area contributed by atoms with Gasteiger partial charge in [-0.05, 0) is 42.8 Å². The van der Waals surface area contributed by atoms with E-state index in [1.165, 1.54) is 18.1 Å². The van der Waals surface area contributed by atoms with Gasteiger partial charge in [-0.25, -0.2) is 9.78 Å². The molecule has 10 heteroatoms. The largest absolute Gasteiger partial charge is 0.465 e. The SMILES string of the molecule is COC(=O)c1sc(N2C(=O)c3oc4ccc(Cl)cc4c(=O)c3C2c2ccc(Cl)cc2)nc1C. The Hall–Kier alpha value is -3.20. The summed E-state index contributed by atoms with van der Waals surface area (Å²) in [6.45, 7) is 1.65. The number of hydrogen-bond acceptors (Lipinski definition) is 7. The molecule has 1 atom stereocenters. The lowest BCUT2D eigenvalue weighted by Gasteiger charge is -2.22. The fraction of sp³-hybridized carbons (Fsp3) is 0.130. The standard InChI is InChI=1S/C23H14Cl2N2O5S/c1-10-20(22(30)31-2)33-23(26-10)27-17(11-3-5-12(24)6-4-11)16-18(28)14-9-13(25)7-8-15(14)32-19(16)21(27)29/h3-9,17H,1-2H3. The molecule has 3 heterocycles. The molecular weight excluding hydrogens is 487 g/mol. The third-order valence-electron chi connectivity index (χ3n) is 5.38. The summed E-state index contributed by atoms with van der Waals surface area (Å²) in [5.41, 5.74) is 1.10. The van der Waals surface area contributed by atoms with E-state index in [1.54, 1.807) is 43.3 Å². The number of halogens is 2. The Morgan fingerprint density at radius 2 is 1.82 bits per heavy atom. The lowest BCUT2D eigenvalue weighted by Crippen LogP contribution is -2.29. The molecule has 33 heavy (non-hydrogen) atoms. The minimum atomic E-state index is -0.833. The number of aryl methyl sites for hydroxylation is 1. The first-order valence-corrected chi connectivity index (χ1v) is 11.3. The molecule has 1 unspecified atom stereocenters. The average Bonchev–Trinajstić information content (AvgIpc) is 3.32. The van der Waals surface area contributed by atoms with E-state index in [9.17, 15) is 14.4 Å². The number of amides is 1. The van der Waals surface area contributed by atoms with Gasteiger partial charge in [-0.2, -0.15) is 0 Å². The normalized spacial score (nSPS) is 15.2. The van der Waals surface area contributed by atoms with Crippen LogP contribution in [0.25, 0.3) is 11.0 Å². The van der Waals surface area contributed by atoms with Crippen molar-refractivity contribution in [2.24, 2.45) is 0 Å². The molecule has 2 aromatic carbocycles. The predicted octanol–water partition coefficient (Wildman–Crippen LogP) is 5.40. The Morgan fingerprint density at radius 1 is 1.12 bits per heavy atom. The van der Waals surface area contributed by atoms with Crippen LogP contribution in [0, 0.1) is 6.92 Å². The zero-order chi connectivity index (χ0) is 23.4. The molecule has 1 aliphatic heterocycles. The number of anilines is 1. The van der Waals surface area contributed by atoms with Crippen LogP contribution in [-0.4, -0.2) is 24.0 Å². The second-order valence-electron chi connectivity index (χ2n) is 7.35. The number of methoxy groups -OCH3 is 1. The third kappa shape index (κ3) is 3.42. The summed E-state index contributed by atoms with van der Waals surface area (Å²) in [7, 11) is 1.27. The van der Waals surface area contributed by atoms with Crippen molar-refractivity contribution in [3.8, 4) is 0 Å². The number of nitrogens with zero attached hydrogens (tertiary/aromatic N) is 2. The van der Waals surface area contributed by atoms with Gasteiger partial charge in [-0.15, -0.1) is 0 Å². The molecule has 5 rings (SSSR count). The fourth-order valence-corrected chi connectivity index (χ4v) is 5.18. The predicted molar refractivity (Wildman–Crippen MR) is 126 cm³/mol. The van der Waals surface area contributed by atoms with Gasteiger partial charge >= 0.3 is 5.97 Å². The Morgan fingerprint density at radius 3 is 2.52 bits per heavy atom. The van der Waals surface area contributed by atoms with Crippen molar-refractivity contribution in [2.75, 3.05) is 12.0 Å². The van der Waals surface area contributed by atoms with E-state index in [4.69, 9.17) is 32.4 Å². The molecule has 0 saturated carbocycles. The number of carbonyl (C=O) groups is 2. The molecule has 0 radical (unpaired) electrons. The number of aromatic nitrogens is 1. The smallest absolute Gasteiger partial charge is 0.350 e. The second kappa shape index (κ2) is 7.98. The molecule has 1 amide bonds.